The molecule has 0 radical (unpaired) electrons. The predicted molar refractivity (Wildman–Crippen MR) is 70.5 cm³/mol. The van der Waals surface area contributed by atoms with Crippen molar-refractivity contribution in [3.05, 3.63) is 22.7 Å². The van der Waals surface area contributed by atoms with Crippen molar-refractivity contribution in [3.63, 3.8) is 0 Å². The lowest BCUT2D eigenvalue weighted by Crippen LogP contribution is -2.09. The summed E-state index contributed by atoms with van der Waals surface area (Å²) in [7, 11) is 1.60. The van der Waals surface area contributed by atoms with Crippen LogP contribution in [-0.4, -0.2) is 24.7 Å². The molecule has 0 heterocycles. The number of nitrogens with one attached hydrogen (secondary N) is 1. The van der Waals surface area contributed by atoms with Gasteiger partial charge in [-0.1, -0.05) is 11.6 Å². The first-order chi connectivity index (χ1) is 8.52. The van der Waals surface area contributed by atoms with E-state index in [0.29, 0.717) is 11.6 Å². The van der Waals surface area contributed by atoms with E-state index in [2.05, 4.69) is 5.32 Å². The smallest absolute Gasteiger partial charge is 0.306 e. The second kappa shape index (κ2) is 5.06. The zero-order chi connectivity index (χ0) is 13.3. The van der Waals surface area contributed by atoms with Crippen LogP contribution in [-0.2, 0) is 4.79 Å². The number of rotatable bonds is 5. The van der Waals surface area contributed by atoms with Crippen LogP contribution < -0.4 is 10.1 Å². The molecule has 18 heavy (non-hydrogen) atoms. The van der Waals surface area contributed by atoms with Crippen molar-refractivity contribution in [2.75, 3.05) is 19.0 Å². The molecule has 1 aromatic rings. The largest absolute Gasteiger partial charge is 0.495 e. The summed E-state index contributed by atoms with van der Waals surface area (Å²) in [5, 5.41) is 12.7. The quantitative estimate of drug-likeness (QED) is 0.863. The van der Waals surface area contributed by atoms with E-state index in [9.17, 15) is 4.79 Å². The Kier molecular flexibility index (Phi) is 3.66. The number of hydrogen-bond donors (Lipinski definition) is 2. The van der Waals surface area contributed by atoms with Gasteiger partial charge in [0.1, 0.15) is 5.75 Å². The molecule has 0 spiro atoms. The molecule has 0 saturated heterocycles. The van der Waals surface area contributed by atoms with Crippen LogP contribution in [0.4, 0.5) is 5.69 Å². The molecule has 98 valence electrons. The molecule has 0 aromatic heterocycles. The highest BCUT2D eigenvalue weighted by molar-refractivity contribution is 6.31. The second-order valence-electron chi connectivity index (χ2n) is 4.62. The first-order valence-corrected chi connectivity index (χ1v) is 6.21. The van der Waals surface area contributed by atoms with Crippen molar-refractivity contribution < 1.29 is 14.6 Å². The summed E-state index contributed by atoms with van der Waals surface area (Å²) in [6.45, 7) is 2.54. The molecule has 1 aliphatic rings. The molecule has 4 nitrogen and oxygen atoms in total. The van der Waals surface area contributed by atoms with Crippen molar-refractivity contribution in [3.8, 4) is 5.75 Å². The normalized spacial score (nSPS) is 21.5. The molecule has 1 aliphatic carbocycles. The summed E-state index contributed by atoms with van der Waals surface area (Å²) in [4.78, 5) is 10.7. The maximum Gasteiger partial charge on any atom is 0.306 e. The minimum Gasteiger partial charge on any atom is -0.495 e. The van der Waals surface area contributed by atoms with Gasteiger partial charge < -0.3 is 15.2 Å². The third-order valence-corrected chi connectivity index (χ3v) is 3.68. The van der Waals surface area contributed by atoms with Crippen LogP contribution in [0.2, 0.25) is 5.02 Å². The van der Waals surface area contributed by atoms with E-state index in [0.717, 1.165) is 23.4 Å². The molecule has 1 saturated carbocycles. The average Bonchev–Trinajstić information content (AvgIpc) is 3.09. The van der Waals surface area contributed by atoms with E-state index >= 15 is 0 Å². The second-order valence-corrected chi connectivity index (χ2v) is 5.03. The number of carboxylic acid groups (broad SMARTS) is 1. The van der Waals surface area contributed by atoms with Gasteiger partial charge in [-0.15, -0.1) is 0 Å². The highest BCUT2D eigenvalue weighted by atomic mass is 35.5. The third kappa shape index (κ3) is 2.70. The number of benzene rings is 1. The maximum atomic E-state index is 10.7. The number of hydrogen-bond acceptors (Lipinski definition) is 3. The summed E-state index contributed by atoms with van der Waals surface area (Å²) >= 11 is 6.06. The zero-order valence-electron chi connectivity index (χ0n) is 10.4. The van der Waals surface area contributed by atoms with E-state index in [4.69, 9.17) is 21.4 Å². The van der Waals surface area contributed by atoms with Crippen LogP contribution in [0.3, 0.4) is 0 Å². The number of aliphatic carboxylic acids is 1. The molecule has 2 unspecified atom stereocenters. The number of aryl methyl sites for hydroxylation is 1. The predicted octanol–water partition coefficient (Wildman–Crippen LogP) is 2.79. The Morgan fingerprint density at radius 2 is 2.33 bits per heavy atom. The zero-order valence-corrected chi connectivity index (χ0v) is 11.1. The fourth-order valence-corrected chi connectivity index (χ4v) is 2.14. The van der Waals surface area contributed by atoms with Crippen molar-refractivity contribution in [1.82, 2.24) is 0 Å². The van der Waals surface area contributed by atoms with E-state index in [1.165, 1.54) is 0 Å². The van der Waals surface area contributed by atoms with Crippen molar-refractivity contribution in [2.45, 2.75) is 13.3 Å². The van der Waals surface area contributed by atoms with Gasteiger partial charge in [0.25, 0.3) is 0 Å². The topological polar surface area (TPSA) is 58.6 Å². The van der Waals surface area contributed by atoms with Crippen LogP contribution >= 0.6 is 11.6 Å². The van der Waals surface area contributed by atoms with E-state index in [-0.39, 0.29) is 11.8 Å². The van der Waals surface area contributed by atoms with Gasteiger partial charge in [-0.2, -0.15) is 0 Å². The highest BCUT2D eigenvalue weighted by Gasteiger charge is 2.42. The molecular formula is C13H16ClNO3. The molecule has 2 rings (SSSR count). The van der Waals surface area contributed by atoms with Gasteiger partial charge in [0.2, 0.25) is 0 Å². The van der Waals surface area contributed by atoms with Gasteiger partial charge >= 0.3 is 5.97 Å². The molecule has 2 N–H and O–H groups in total. The van der Waals surface area contributed by atoms with E-state index < -0.39 is 5.97 Å². The first-order valence-electron chi connectivity index (χ1n) is 5.83. The fourth-order valence-electron chi connectivity index (χ4n) is 1.98. The SMILES string of the molecule is COc1cc(C)c(Cl)cc1NCC1CC1C(=O)O. The summed E-state index contributed by atoms with van der Waals surface area (Å²) in [5.41, 5.74) is 1.76. The fraction of sp³-hybridized carbons (Fsp3) is 0.462. The molecule has 1 fully saturated rings. The Balaban J connectivity index is 2.01. The Hall–Kier alpha value is -1.42. The monoisotopic (exact) mass is 269 g/mol. The van der Waals surface area contributed by atoms with Gasteiger partial charge in [-0.25, -0.2) is 0 Å². The van der Waals surface area contributed by atoms with Gasteiger partial charge in [0.15, 0.2) is 0 Å². The average molecular weight is 270 g/mol. The van der Waals surface area contributed by atoms with Gasteiger partial charge in [0, 0.05) is 11.6 Å². The third-order valence-electron chi connectivity index (χ3n) is 3.28. The van der Waals surface area contributed by atoms with Crippen molar-refractivity contribution in [1.29, 1.82) is 0 Å². The summed E-state index contributed by atoms with van der Waals surface area (Å²) in [6, 6.07) is 3.68. The van der Waals surface area contributed by atoms with Crippen LogP contribution in [0.25, 0.3) is 0 Å². The Bertz CT molecular complexity index is 476. The molecule has 0 bridgehead atoms. The molecule has 0 aliphatic heterocycles. The van der Waals surface area contributed by atoms with Crippen LogP contribution in [0.5, 0.6) is 5.75 Å². The van der Waals surface area contributed by atoms with Gasteiger partial charge in [-0.05, 0) is 37.0 Å². The number of halogens is 1. The number of methoxy groups -OCH3 is 1. The van der Waals surface area contributed by atoms with E-state index in [1.807, 2.05) is 19.1 Å². The minimum absolute atomic E-state index is 0.201. The van der Waals surface area contributed by atoms with Crippen LogP contribution in [0.1, 0.15) is 12.0 Å². The molecule has 1 aromatic carbocycles. The molecule has 5 heteroatoms. The summed E-state index contributed by atoms with van der Waals surface area (Å²) < 4.78 is 5.27. The standard InChI is InChI=1S/C13H16ClNO3/c1-7-3-12(18-2)11(5-10(7)14)15-6-8-4-9(8)13(16)17/h3,5,8-9,15H,4,6H2,1-2H3,(H,16,17). The van der Waals surface area contributed by atoms with Crippen LogP contribution in [0, 0.1) is 18.8 Å². The lowest BCUT2D eigenvalue weighted by molar-refractivity contribution is -0.138. The number of ether oxygens (including phenoxy) is 1. The molecule has 2 atom stereocenters. The Morgan fingerprint density at radius 1 is 1.61 bits per heavy atom. The Labute approximate surface area is 111 Å². The van der Waals surface area contributed by atoms with Crippen molar-refractivity contribution >= 4 is 23.3 Å². The van der Waals surface area contributed by atoms with Crippen LogP contribution in [0.15, 0.2) is 12.1 Å². The van der Waals surface area contributed by atoms with Gasteiger partial charge in [0.05, 0.1) is 18.7 Å². The van der Waals surface area contributed by atoms with Gasteiger partial charge in [-0.3, -0.25) is 4.79 Å². The van der Waals surface area contributed by atoms with E-state index in [1.54, 1.807) is 7.11 Å². The summed E-state index contributed by atoms with van der Waals surface area (Å²) in [5.74, 6) is 0.0110. The number of carboxylic acids is 1. The lowest BCUT2D eigenvalue weighted by atomic mass is 10.2. The number of anilines is 1. The molecular weight excluding hydrogens is 254 g/mol. The molecule has 0 amide bonds. The number of carbonyl (C=O) groups is 1. The van der Waals surface area contributed by atoms with Crippen molar-refractivity contribution in [2.24, 2.45) is 11.8 Å². The highest BCUT2D eigenvalue weighted by Crippen LogP contribution is 2.39. The Morgan fingerprint density at radius 3 is 2.89 bits per heavy atom. The minimum atomic E-state index is -0.712. The lowest BCUT2D eigenvalue weighted by Gasteiger charge is -2.12. The first kappa shape index (κ1) is 13.0. The maximum absolute atomic E-state index is 10.7. The summed E-state index contributed by atoms with van der Waals surface area (Å²) in [6.07, 6.45) is 0.740.